The first kappa shape index (κ1) is 17.3. The number of benzene rings is 1. The first-order valence-corrected chi connectivity index (χ1v) is 8.74. The number of para-hydroxylation sites is 1. The number of nitrogens with zero attached hydrogens (tertiary/aromatic N) is 3. The van der Waals surface area contributed by atoms with Crippen LogP contribution in [0.2, 0.25) is 0 Å². The fourth-order valence-corrected chi connectivity index (χ4v) is 3.12. The molecule has 5 heteroatoms. The molecule has 0 N–H and O–H groups in total. The molecule has 0 saturated carbocycles. The zero-order valence-corrected chi connectivity index (χ0v) is 14.9. The minimum Gasteiger partial charge on any atom is -0.493 e. The van der Waals surface area contributed by atoms with Crippen LogP contribution in [0.5, 0.6) is 5.75 Å². The normalized spacial score (nSPS) is 15.0. The molecule has 1 saturated heterocycles. The fourth-order valence-electron chi connectivity index (χ4n) is 3.12. The number of aromatic nitrogens is 1. The summed E-state index contributed by atoms with van der Waals surface area (Å²) < 4.78 is 5.86. The Bertz CT molecular complexity index is 695. The third-order valence-corrected chi connectivity index (χ3v) is 4.57. The molecule has 0 radical (unpaired) electrons. The lowest BCUT2D eigenvalue weighted by molar-refractivity contribution is 0.0661. The van der Waals surface area contributed by atoms with E-state index < -0.39 is 0 Å². The van der Waals surface area contributed by atoms with Gasteiger partial charge in [0, 0.05) is 33.4 Å². The van der Waals surface area contributed by atoms with Crippen molar-refractivity contribution in [3.8, 4) is 5.75 Å². The lowest BCUT2D eigenvalue weighted by Gasteiger charge is -2.32. The number of hydrogen-bond donors (Lipinski definition) is 0. The number of carbonyl (C=O) groups is 1. The molecule has 1 aliphatic rings. The molecule has 5 nitrogen and oxygen atoms in total. The molecule has 1 aromatic carbocycles. The molecule has 0 unspecified atom stereocenters. The fraction of sp³-hybridized carbons (Fsp3) is 0.400. The average molecular weight is 339 g/mol. The van der Waals surface area contributed by atoms with Gasteiger partial charge in [0.25, 0.3) is 5.91 Å². The second-order valence-electron chi connectivity index (χ2n) is 6.63. The van der Waals surface area contributed by atoms with Crippen molar-refractivity contribution in [2.75, 3.05) is 38.7 Å². The second-order valence-corrected chi connectivity index (χ2v) is 6.63. The summed E-state index contributed by atoms with van der Waals surface area (Å²) in [5.74, 6) is 2.19. The van der Waals surface area contributed by atoms with Crippen molar-refractivity contribution in [2.45, 2.75) is 12.8 Å². The van der Waals surface area contributed by atoms with Gasteiger partial charge in [0.1, 0.15) is 11.6 Å². The highest BCUT2D eigenvalue weighted by molar-refractivity contribution is 5.98. The molecular weight excluding hydrogens is 314 g/mol. The van der Waals surface area contributed by atoms with Crippen LogP contribution >= 0.6 is 0 Å². The Labute approximate surface area is 149 Å². The zero-order chi connectivity index (χ0) is 17.6. The van der Waals surface area contributed by atoms with Gasteiger partial charge in [-0.15, -0.1) is 0 Å². The molecule has 132 valence electrons. The zero-order valence-electron chi connectivity index (χ0n) is 14.9. The van der Waals surface area contributed by atoms with Gasteiger partial charge in [-0.05, 0) is 43.0 Å². The summed E-state index contributed by atoms with van der Waals surface area (Å²) in [6.45, 7) is 2.24. The van der Waals surface area contributed by atoms with Gasteiger partial charge in [0.2, 0.25) is 0 Å². The molecular formula is C20H25N3O2. The Hall–Kier alpha value is -2.56. The summed E-state index contributed by atoms with van der Waals surface area (Å²) in [7, 11) is 3.82. The predicted octanol–water partition coefficient (Wildman–Crippen LogP) is 3.08. The van der Waals surface area contributed by atoms with E-state index in [9.17, 15) is 4.79 Å². The van der Waals surface area contributed by atoms with Gasteiger partial charge < -0.3 is 14.5 Å². The van der Waals surface area contributed by atoms with Crippen molar-refractivity contribution >= 4 is 11.7 Å². The maximum Gasteiger partial charge on any atom is 0.257 e. The molecule has 25 heavy (non-hydrogen) atoms. The van der Waals surface area contributed by atoms with E-state index in [2.05, 4.69) is 4.98 Å². The van der Waals surface area contributed by atoms with E-state index in [1.807, 2.05) is 66.4 Å². The summed E-state index contributed by atoms with van der Waals surface area (Å²) in [5, 5.41) is 0. The largest absolute Gasteiger partial charge is 0.493 e. The highest BCUT2D eigenvalue weighted by Gasteiger charge is 2.26. The van der Waals surface area contributed by atoms with Crippen molar-refractivity contribution in [1.29, 1.82) is 0 Å². The summed E-state index contributed by atoms with van der Waals surface area (Å²) in [6.07, 6.45) is 3.66. The van der Waals surface area contributed by atoms with Gasteiger partial charge >= 0.3 is 0 Å². The van der Waals surface area contributed by atoms with Gasteiger partial charge in [-0.1, -0.05) is 18.2 Å². The Morgan fingerprint density at radius 1 is 1.16 bits per heavy atom. The molecule has 2 aromatic rings. The van der Waals surface area contributed by atoms with Crippen LogP contribution in [0.15, 0.2) is 48.7 Å². The predicted molar refractivity (Wildman–Crippen MR) is 99.1 cm³/mol. The third-order valence-electron chi connectivity index (χ3n) is 4.57. The summed E-state index contributed by atoms with van der Waals surface area (Å²) in [6, 6.07) is 13.6. The monoisotopic (exact) mass is 339 g/mol. The smallest absolute Gasteiger partial charge is 0.257 e. The van der Waals surface area contributed by atoms with Gasteiger partial charge in [-0.25, -0.2) is 4.98 Å². The van der Waals surface area contributed by atoms with Crippen LogP contribution in [0.3, 0.4) is 0 Å². The average Bonchev–Trinajstić information content (AvgIpc) is 2.67. The minimum atomic E-state index is 0.0687. The van der Waals surface area contributed by atoms with Crippen molar-refractivity contribution in [3.05, 3.63) is 54.2 Å². The Morgan fingerprint density at radius 2 is 1.88 bits per heavy atom. The summed E-state index contributed by atoms with van der Waals surface area (Å²) in [5.41, 5.74) is 0.673. The van der Waals surface area contributed by atoms with Crippen molar-refractivity contribution in [3.63, 3.8) is 0 Å². The van der Waals surface area contributed by atoms with E-state index in [1.165, 1.54) is 0 Å². The first-order chi connectivity index (χ1) is 12.1. The molecule has 1 aliphatic heterocycles. The van der Waals surface area contributed by atoms with Crippen LogP contribution in [0, 0.1) is 5.92 Å². The van der Waals surface area contributed by atoms with Crippen LogP contribution in [0.25, 0.3) is 0 Å². The van der Waals surface area contributed by atoms with E-state index in [-0.39, 0.29) is 5.91 Å². The molecule has 0 bridgehead atoms. The molecule has 1 fully saturated rings. The Morgan fingerprint density at radius 3 is 2.56 bits per heavy atom. The standard InChI is InChI=1S/C20H25N3O2/c1-22(2)19-18(9-6-12-21-19)20(24)23-13-10-16(11-14-23)15-25-17-7-4-3-5-8-17/h3-9,12,16H,10-11,13-15H2,1-2H3. The van der Waals surface area contributed by atoms with E-state index >= 15 is 0 Å². The molecule has 0 atom stereocenters. The van der Waals surface area contributed by atoms with Gasteiger partial charge in [-0.3, -0.25) is 4.79 Å². The van der Waals surface area contributed by atoms with E-state index in [4.69, 9.17) is 4.74 Å². The first-order valence-electron chi connectivity index (χ1n) is 8.74. The number of amides is 1. The van der Waals surface area contributed by atoms with Crippen LogP contribution < -0.4 is 9.64 Å². The number of anilines is 1. The number of ether oxygens (including phenoxy) is 1. The maximum atomic E-state index is 12.8. The van der Waals surface area contributed by atoms with Gasteiger partial charge in [0.15, 0.2) is 0 Å². The van der Waals surface area contributed by atoms with Crippen molar-refractivity contribution in [1.82, 2.24) is 9.88 Å². The number of piperidine rings is 1. The number of carbonyl (C=O) groups excluding carboxylic acids is 1. The molecule has 2 heterocycles. The molecule has 1 aromatic heterocycles. The number of hydrogen-bond acceptors (Lipinski definition) is 4. The lowest BCUT2D eigenvalue weighted by atomic mass is 9.97. The molecule has 0 spiro atoms. The SMILES string of the molecule is CN(C)c1ncccc1C(=O)N1CCC(COc2ccccc2)CC1. The summed E-state index contributed by atoms with van der Waals surface area (Å²) >= 11 is 0. The number of pyridine rings is 1. The third kappa shape index (κ3) is 4.29. The minimum absolute atomic E-state index is 0.0687. The van der Waals surface area contributed by atoms with Crippen molar-refractivity contribution in [2.24, 2.45) is 5.92 Å². The van der Waals surface area contributed by atoms with E-state index in [1.54, 1.807) is 6.20 Å². The van der Waals surface area contributed by atoms with Gasteiger partial charge in [0.05, 0.1) is 12.2 Å². The lowest BCUT2D eigenvalue weighted by Crippen LogP contribution is -2.40. The highest BCUT2D eigenvalue weighted by atomic mass is 16.5. The van der Waals surface area contributed by atoms with E-state index in [0.29, 0.717) is 18.1 Å². The molecule has 0 aliphatic carbocycles. The van der Waals surface area contributed by atoms with Crippen LogP contribution in [-0.2, 0) is 0 Å². The second kappa shape index (κ2) is 8.01. The van der Waals surface area contributed by atoms with Crippen molar-refractivity contribution < 1.29 is 9.53 Å². The Kier molecular flexibility index (Phi) is 5.53. The maximum absolute atomic E-state index is 12.8. The molecule has 1 amide bonds. The Balaban J connectivity index is 1.54. The van der Waals surface area contributed by atoms with Gasteiger partial charge in [-0.2, -0.15) is 0 Å². The van der Waals surface area contributed by atoms with Crippen LogP contribution in [-0.4, -0.2) is 49.6 Å². The van der Waals surface area contributed by atoms with Crippen LogP contribution in [0.4, 0.5) is 5.82 Å². The summed E-state index contributed by atoms with van der Waals surface area (Å²) in [4.78, 5) is 21.0. The topological polar surface area (TPSA) is 45.7 Å². The molecule has 3 rings (SSSR count). The number of likely N-dealkylation sites (tertiary alicyclic amines) is 1. The highest BCUT2D eigenvalue weighted by Crippen LogP contribution is 2.23. The van der Waals surface area contributed by atoms with Crippen LogP contribution in [0.1, 0.15) is 23.2 Å². The van der Waals surface area contributed by atoms with E-state index in [0.717, 1.165) is 37.5 Å². The number of rotatable bonds is 5. The quantitative estimate of drug-likeness (QED) is 0.840.